The molecule has 1 aliphatic carbocycles. The van der Waals surface area contributed by atoms with Gasteiger partial charge in [-0.1, -0.05) is 113 Å². The van der Waals surface area contributed by atoms with Crippen molar-refractivity contribution in [1.82, 2.24) is 0 Å². The third-order valence-electron chi connectivity index (χ3n) is 9.70. The van der Waals surface area contributed by atoms with Crippen LogP contribution in [-0.2, 0) is 25.7 Å². The Kier molecular flexibility index (Phi) is 10.4. The molecule has 1 fully saturated rings. The zero-order chi connectivity index (χ0) is 28.6. The van der Waals surface area contributed by atoms with Crippen molar-refractivity contribution in [2.75, 3.05) is 0 Å². The van der Waals surface area contributed by atoms with Crippen LogP contribution < -0.4 is 0 Å². The van der Waals surface area contributed by atoms with Crippen molar-refractivity contribution in [2.24, 2.45) is 11.8 Å². The molecule has 0 nitrogen and oxygen atoms in total. The van der Waals surface area contributed by atoms with Gasteiger partial charge < -0.3 is 0 Å². The molecule has 0 heterocycles. The molecule has 4 aromatic rings. The molecule has 0 aromatic heterocycles. The van der Waals surface area contributed by atoms with E-state index < -0.39 is 0 Å². The van der Waals surface area contributed by atoms with Gasteiger partial charge in [0.25, 0.3) is 0 Å². The van der Waals surface area contributed by atoms with Crippen molar-refractivity contribution in [3.63, 3.8) is 0 Å². The maximum absolute atomic E-state index is 3.89. The Balaban J connectivity index is 1.48. The van der Waals surface area contributed by atoms with E-state index in [1.165, 1.54) is 121 Å². The lowest BCUT2D eigenvalue weighted by Gasteiger charge is -2.18. The van der Waals surface area contributed by atoms with Crippen LogP contribution in [0, 0.1) is 18.8 Å². The first-order valence-corrected chi connectivity index (χ1v) is 16.7. The Morgan fingerprint density at radius 2 is 1.46 bits per heavy atom. The summed E-state index contributed by atoms with van der Waals surface area (Å²) in [5, 5.41) is 5.74. The fraction of sp³-hybridized carbons (Fsp3) is 0.463. The third kappa shape index (κ3) is 7.91. The van der Waals surface area contributed by atoms with Gasteiger partial charge in [-0.3, -0.25) is 0 Å². The topological polar surface area (TPSA) is 0 Å². The highest BCUT2D eigenvalue weighted by Gasteiger charge is 2.22. The van der Waals surface area contributed by atoms with E-state index in [-0.39, 0.29) is 0 Å². The van der Waals surface area contributed by atoms with Crippen molar-refractivity contribution in [3.8, 4) is 0 Å². The number of benzene rings is 4. The maximum atomic E-state index is 3.89. The highest BCUT2D eigenvalue weighted by Crippen LogP contribution is 2.36. The molecule has 0 spiro atoms. The molecule has 0 heteroatoms. The maximum Gasteiger partial charge on any atom is -0.000809 e. The summed E-state index contributed by atoms with van der Waals surface area (Å²) in [6.07, 6.45) is 19.7. The first kappa shape index (κ1) is 29.6. The van der Waals surface area contributed by atoms with Crippen LogP contribution in [0.2, 0.25) is 0 Å². The Labute approximate surface area is 250 Å². The Morgan fingerprint density at radius 3 is 2.17 bits per heavy atom. The summed E-state index contributed by atoms with van der Waals surface area (Å²) in [6, 6.07) is 24.1. The van der Waals surface area contributed by atoms with Crippen LogP contribution in [-0.4, -0.2) is 0 Å². The van der Waals surface area contributed by atoms with Gasteiger partial charge in [-0.25, -0.2) is 0 Å². The van der Waals surface area contributed by atoms with Gasteiger partial charge in [-0.2, -0.15) is 0 Å². The predicted molar refractivity (Wildman–Crippen MR) is 181 cm³/mol. The van der Waals surface area contributed by atoms with Crippen LogP contribution in [0.15, 0.2) is 73.3 Å². The van der Waals surface area contributed by atoms with Gasteiger partial charge in [0.05, 0.1) is 0 Å². The molecule has 0 radical (unpaired) electrons. The second-order valence-corrected chi connectivity index (χ2v) is 13.2. The minimum absolute atomic E-state index is 0.763. The Bertz CT molecular complexity index is 1450. The summed E-state index contributed by atoms with van der Waals surface area (Å²) < 4.78 is 0. The predicted octanol–water partition coefficient (Wildman–Crippen LogP) is 11.9. The summed E-state index contributed by atoms with van der Waals surface area (Å²) >= 11 is 0. The average molecular weight is 545 g/mol. The van der Waals surface area contributed by atoms with E-state index in [4.69, 9.17) is 0 Å². The molecule has 1 saturated carbocycles. The molecule has 1 aliphatic rings. The lowest BCUT2D eigenvalue weighted by molar-refractivity contribution is 0.477. The molecule has 5 rings (SSSR count). The number of rotatable bonds is 16. The standard InChI is InChI=1S/C41H52/c1-5-7-9-11-30(3)13-15-34-20-24-35-21-14-31(4)38(39(35)28-34)29-41-37(22-18-32-16-17-32)26-25-36-23-19-33(27-40(36)41)12-10-8-6-2/h5,14,19-21,23-28,30,32H,1,6-13,15-18,22,29H2,2-4H3. The highest BCUT2D eigenvalue weighted by atomic mass is 14.3. The summed E-state index contributed by atoms with van der Waals surface area (Å²) in [6.45, 7) is 10.9. The van der Waals surface area contributed by atoms with Gasteiger partial charge in [-0.05, 0) is 131 Å². The molecule has 41 heavy (non-hydrogen) atoms. The molecule has 0 saturated heterocycles. The zero-order valence-electron chi connectivity index (χ0n) is 26.1. The van der Waals surface area contributed by atoms with Crippen LogP contribution >= 0.6 is 0 Å². The molecule has 1 unspecified atom stereocenters. The quantitative estimate of drug-likeness (QED) is 0.0972. The molecule has 216 valence electrons. The monoisotopic (exact) mass is 544 g/mol. The molecule has 0 amide bonds. The van der Waals surface area contributed by atoms with Crippen molar-refractivity contribution in [1.29, 1.82) is 0 Å². The minimum atomic E-state index is 0.763. The van der Waals surface area contributed by atoms with E-state index in [1.807, 2.05) is 0 Å². The fourth-order valence-electron chi connectivity index (χ4n) is 6.69. The molecule has 0 aliphatic heterocycles. The van der Waals surface area contributed by atoms with Crippen LogP contribution in [0.25, 0.3) is 21.5 Å². The largest absolute Gasteiger partial charge is 0.103 e. The number of fused-ring (bicyclic) bond motifs is 2. The van der Waals surface area contributed by atoms with Gasteiger partial charge in [0.15, 0.2) is 0 Å². The second kappa shape index (κ2) is 14.4. The molecule has 1 atom stereocenters. The van der Waals surface area contributed by atoms with E-state index in [0.29, 0.717) is 0 Å². The van der Waals surface area contributed by atoms with Crippen molar-refractivity contribution < 1.29 is 0 Å². The Morgan fingerprint density at radius 1 is 0.780 bits per heavy atom. The van der Waals surface area contributed by atoms with E-state index in [1.54, 1.807) is 11.1 Å². The highest BCUT2D eigenvalue weighted by molar-refractivity contribution is 5.91. The van der Waals surface area contributed by atoms with Gasteiger partial charge >= 0.3 is 0 Å². The first-order chi connectivity index (χ1) is 20.1. The first-order valence-electron chi connectivity index (χ1n) is 16.7. The summed E-state index contributed by atoms with van der Waals surface area (Å²) in [7, 11) is 0. The molecular formula is C41H52. The van der Waals surface area contributed by atoms with E-state index >= 15 is 0 Å². The fourth-order valence-corrected chi connectivity index (χ4v) is 6.69. The SMILES string of the molecule is C=CCCCC(C)CCc1ccc2ccc(C)c(Cc3c(CCC4CC4)ccc4ccc(CCCCC)cc34)c2c1. The van der Waals surface area contributed by atoms with E-state index in [9.17, 15) is 0 Å². The van der Waals surface area contributed by atoms with Gasteiger partial charge in [-0.15, -0.1) is 6.58 Å². The summed E-state index contributed by atoms with van der Waals surface area (Å²) in [4.78, 5) is 0. The summed E-state index contributed by atoms with van der Waals surface area (Å²) in [5.74, 6) is 1.72. The Hall–Kier alpha value is -2.86. The molecule has 0 bridgehead atoms. The van der Waals surface area contributed by atoms with Crippen molar-refractivity contribution in [3.05, 3.63) is 107 Å². The number of unbranched alkanes of at least 4 members (excludes halogenated alkanes) is 3. The van der Waals surface area contributed by atoms with Crippen LogP contribution in [0.3, 0.4) is 0 Å². The smallest absolute Gasteiger partial charge is 0.000809 e. The van der Waals surface area contributed by atoms with Gasteiger partial charge in [0, 0.05) is 0 Å². The van der Waals surface area contributed by atoms with E-state index in [0.717, 1.165) is 24.7 Å². The molecule has 4 aromatic carbocycles. The van der Waals surface area contributed by atoms with Gasteiger partial charge in [0.2, 0.25) is 0 Å². The number of allylic oxidation sites excluding steroid dienone is 1. The number of aryl methyl sites for hydroxylation is 4. The third-order valence-corrected chi connectivity index (χ3v) is 9.70. The molecule has 0 N–H and O–H groups in total. The average Bonchev–Trinajstić information content (AvgIpc) is 3.82. The van der Waals surface area contributed by atoms with Crippen LogP contribution in [0.1, 0.15) is 111 Å². The lowest BCUT2D eigenvalue weighted by atomic mass is 9.86. The number of hydrogen-bond acceptors (Lipinski definition) is 0. The zero-order valence-corrected chi connectivity index (χ0v) is 26.1. The van der Waals surface area contributed by atoms with Crippen molar-refractivity contribution >= 4 is 21.5 Å². The number of hydrogen-bond donors (Lipinski definition) is 0. The van der Waals surface area contributed by atoms with Gasteiger partial charge in [0.1, 0.15) is 0 Å². The molecular weight excluding hydrogens is 492 g/mol. The normalized spacial score (nSPS) is 14.1. The minimum Gasteiger partial charge on any atom is -0.103 e. The lowest BCUT2D eigenvalue weighted by Crippen LogP contribution is -2.02. The van der Waals surface area contributed by atoms with Crippen LogP contribution in [0.4, 0.5) is 0 Å². The van der Waals surface area contributed by atoms with E-state index in [2.05, 4.69) is 94.1 Å². The summed E-state index contributed by atoms with van der Waals surface area (Å²) in [5.41, 5.74) is 9.11. The van der Waals surface area contributed by atoms with Crippen molar-refractivity contribution in [2.45, 2.75) is 111 Å². The second-order valence-electron chi connectivity index (χ2n) is 13.2. The van der Waals surface area contributed by atoms with Crippen LogP contribution in [0.5, 0.6) is 0 Å².